The summed E-state index contributed by atoms with van der Waals surface area (Å²) in [5.74, 6) is -2.02. The third-order valence-corrected chi connectivity index (χ3v) is 2.28. The molecule has 0 aliphatic heterocycles. The summed E-state index contributed by atoms with van der Waals surface area (Å²) >= 11 is 0. The number of carbonyl (C=O) groups is 1. The zero-order valence-corrected chi connectivity index (χ0v) is 8.74. The molecule has 1 heterocycles. The topological polar surface area (TPSA) is 93.3 Å². The van der Waals surface area contributed by atoms with Crippen molar-refractivity contribution in [3.8, 4) is 0 Å². The summed E-state index contributed by atoms with van der Waals surface area (Å²) in [6.07, 6.45) is 1.42. The Morgan fingerprint density at radius 2 is 2.31 bits per heavy atom. The fourth-order valence-corrected chi connectivity index (χ4v) is 1.36. The molecule has 1 aromatic heterocycles. The predicted molar refractivity (Wildman–Crippen MR) is 55.7 cm³/mol. The number of nitrogens with zero attached hydrogens (tertiary/aromatic N) is 2. The lowest BCUT2D eigenvalue weighted by Gasteiger charge is -2.12. The molecule has 1 N–H and O–H groups in total. The van der Waals surface area contributed by atoms with E-state index in [1.807, 2.05) is 0 Å². The van der Waals surface area contributed by atoms with E-state index < -0.39 is 22.9 Å². The third-order valence-electron chi connectivity index (χ3n) is 2.28. The minimum absolute atomic E-state index is 0.0562. The maximum Gasteiger partial charge on any atom is 0.312 e. The van der Waals surface area contributed by atoms with Crippen LogP contribution in [0.1, 0.15) is 25.0 Å². The van der Waals surface area contributed by atoms with Crippen molar-refractivity contribution in [2.45, 2.75) is 25.3 Å². The molecule has 1 rings (SSSR count). The first-order valence-corrected chi connectivity index (χ1v) is 4.79. The van der Waals surface area contributed by atoms with Crippen LogP contribution in [0.4, 0.5) is 0 Å². The lowest BCUT2D eigenvalue weighted by molar-refractivity contribution is -0.519. The summed E-state index contributed by atoms with van der Waals surface area (Å²) in [7, 11) is 0. The van der Waals surface area contributed by atoms with Gasteiger partial charge in [-0.25, -0.2) is 0 Å². The highest BCUT2D eigenvalue weighted by Gasteiger charge is 2.28. The van der Waals surface area contributed by atoms with Gasteiger partial charge in [0, 0.05) is 24.5 Å². The number of hydrogen-bond donors (Lipinski definition) is 1. The van der Waals surface area contributed by atoms with Gasteiger partial charge in [0.25, 0.3) is 0 Å². The number of aromatic nitrogens is 1. The van der Waals surface area contributed by atoms with Crippen molar-refractivity contribution in [1.29, 1.82) is 0 Å². The van der Waals surface area contributed by atoms with Crippen LogP contribution in [0.5, 0.6) is 0 Å². The Morgan fingerprint density at radius 3 is 2.75 bits per heavy atom. The third kappa shape index (κ3) is 3.01. The number of nitro groups is 1. The summed E-state index contributed by atoms with van der Waals surface area (Å²) in [6, 6.07) is 3.99. The zero-order chi connectivity index (χ0) is 12.1. The zero-order valence-electron chi connectivity index (χ0n) is 8.74. The van der Waals surface area contributed by atoms with Gasteiger partial charge in [-0.2, -0.15) is 0 Å². The van der Waals surface area contributed by atoms with Crippen LogP contribution in [0.2, 0.25) is 0 Å². The Labute approximate surface area is 92.1 Å². The molecule has 86 valence electrons. The Hall–Kier alpha value is -1.98. The first-order valence-electron chi connectivity index (χ1n) is 4.79. The number of carboxylic acid groups (broad SMARTS) is 1. The van der Waals surface area contributed by atoms with E-state index in [4.69, 9.17) is 5.11 Å². The summed E-state index contributed by atoms with van der Waals surface area (Å²) in [5, 5.41) is 19.5. The summed E-state index contributed by atoms with van der Waals surface area (Å²) < 4.78 is 0. The Morgan fingerprint density at radius 1 is 1.62 bits per heavy atom. The Bertz CT molecular complexity index is 380. The molecule has 2 atom stereocenters. The average molecular weight is 224 g/mol. The molecule has 0 aromatic carbocycles. The monoisotopic (exact) mass is 224 g/mol. The molecule has 0 aliphatic rings. The van der Waals surface area contributed by atoms with E-state index >= 15 is 0 Å². The summed E-state index contributed by atoms with van der Waals surface area (Å²) in [4.78, 5) is 24.9. The molecule has 0 bridgehead atoms. The van der Waals surface area contributed by atoms with Crippen molar-refractivity contribution in [1.82, 2.24) is 4.98 Å². The molecule has 6 nitrogen and oxygen atoms in total. The van der Waals surface area contributed by atoms with E-state index in [2.05, 4.69) is 4.98 Å². The van der Waals surface area contributed by atoms with Crippen LogP contribution in [0.15, 0.2) is 24.4 Å². The van der Waals surface area contributed by atoms with Crippen LogP contribution in [-0.4, -0.2) is 27.0 Å². The predicted octanol–water partition coefficient (Wildman–Crippen LogP) is 1.31. The Kier molecular flexibility index (Phi) is 3.93. The second-order valence-corrected chi connectivity index (χ2v) is 3.52. The van der Waals surface area contributed by atoms with E-state index in [-0.39, 0.29) is 6.42 Å². The molecule has 16 heavy (non-hydrogen) atoms. The van der Waals surface area contributed by atoms with E-state index in [9.17, 15) is 14.9 Å². The van der Waals surface area contributed by atoms with Crippen molar-refractivity contribution in [2.75, 3.05) is 0 Å². The maximum atomic E-state index is 11.0. The molecule has 0 fully saturated rings. The van der Waals surface area contributed by atoms with Crippen molar-refractivity contribution < 1.29 is 14.8 Å². The van der Waals surface area contributed by atoms with E-state index in [1.54, 1.807) is 18.2 Å². The number of rotatable bonds is 5. The quantitative estimate of drug-likeness (QED) is 0.601. The smallest absolute Gasteiger partial charge is 0.312 e. The van der Waals surface area contributed by atoms with Crippen LogP contribution in [0.3, 0.4) is 0 Å². The minimum atomic E-state index is -1.09. The van der Waals surface area contributed by atoms with E-state index in [0.29, 0.717) is 5.69 Å². The van der Waals surface area contributed by atoms with E-state index in [0.717, 1.165) is 0 Å². The van der Waals surface area contributed by atoms with Crippen molar-refractivity contribution >= 4 is 5.97 Å². The lowest BCUT2D eigenvalue weighted by atomic mass is 9.97. The first-order chi connectivity index (χ1) is 7.52. The molecule has 1 aromatic rings. The largest absolute Gasteiger partial charge is 0.481 e. The van der Waals surface area contributed by atoms with Crippen molar-refractivity contribution in [3.63, 3.8) is 0 Å². The molecule has 0 aliphatic carbocycles. The molecule has 2 unspecified atom stereocenters. The van der Waals surface area contributed by atoms with Gasteiger partial charge in [0.05, 0.1) is 5.69 Å². The fraction of sp³-hybridized carbons (Fsp3) is 0.400. The molecular formula is C10H12N2O4. The number of aliphatic carboxylic acids is 1. The standard InChI is InChI=1S/C10H12N2O4/c1-7(12(15)16)6-8(10(13)14)9-4-2-3-5-11-9/h2-5,7-8H,6H2,1H3,(H,13,14). The van der Waals surface area contributed by atoms with Crippen LogP contribution in [0, 0.1) is 10.1 Å². The second kappa shape index (κ2) is 5.20. The SMILES string of the molecule is CC(CC(C(=O)O)c1ccccn1)[N+](=O)[O-]. The van der Waals surface area contributed by atoms with Crippen LogP contribution in [0.25, 0.3) is 0 Å². The van der Waals surface area contributed by atoms with Crippen LogP contribution >= 0.6 is 0 Å². The molecule has 0 saturated heterocycles. The highest BCUT2D eigenvalue weighted by molar-refractivity contribution is 5.75. The van der Waals surface area contributed by atoms with Crippen molar-refractivity contribution in [2.24, 2.45) is 0 Å². The Balaban J connectivity index is 2.85. The summed E-state index contributed by atoms with van der Waals surface area (Å²) in [5.41, 5.74) is 0.351. The van der Waals surface area contributed by atoms with Gasteiger partial charge in [-0.1, -0.05) is 6.07 Å². The normalized spacial score (nSPS) is 14.1. The van der Waals surface area contributed by atoms with E-state index in [1.165, 1.54) is 13.1 Å². The summed E-state index contributed by atoms with van der Waals surface area (Å²) in [6.45, 7) is 1.39. The molecule has 0 radical (unpaired) electrons. The maximum absolute atomic E-state index is 11.0. The highest BCUT2D eigenvalue weighted by Crippen LogP contribution is 2.20. The van der Waals surface area contributed by atoms with Gasteiger partial charge >= 0.3 is 5.97 Å². The number of carboxylic acids is 1. The highest BCUT2D eigenvalue weighted by atomic mass is 16.6. The van der Waals surface area contributed by atoms with Gasteiger partial charge < -0.3 is 5.11 Å². The molecule has 0 saturated carbocycles. The molecular weight excluding hydrogens is 212 g/mol. The average Bonchev–Trinajstić information content (AvgIpc) is 2.26. The molecule has 6 heteroatoms. The lowest BCUT2D eigenvalue weighted by Crippen LogP contribution is -2.23. The van der Waals surface area contributed by atoms with Gasteiger partial charge in [0.15, 0.2) is 0 Å². The van der Waals surface area contributed by atoms with Gasteiger partial charge in [0.2, 0.25) is 6.04 Å². The minimum Gasteiger partial charge on any atom is -0.481 e. The molecule has 0 amide bonds. The first kappa shape index (κ1) is 12.1. The second-order valence-electron chi connectivity index (χ2n) is 3.52. The van der Waals surface area contributed by atoms with Crippen LogP contribution in [-0.2, 0) is 4.79 Å². The fourth-order valence-electron chi connectivity index (χ4n) is 1.36. The molecule has 0 spiro atoms. The number of hydrogen-bond acceptors (Lipinski definition) is 4. The van der Waals surface area contributed by atoms with Gasteiger partial charge in [0.1, 0.15) is 5.92 Å². The van der Waals surface area contributed by atoms with Crippen LogP contribution < -0.4 is 0 Å². The van der Waals surface area contributed by atoms with Gasteiger partial charge in [-0.15, -0.1) is 0 Å². The number of pyridine rings is 1. The van der Waals surface area contributed by atoms with Crippen molar-refractivity contribution in [3.05, 3.63) is 40.2 Å². The van der Waals surface area contributed by atoms with Gasteiger partial charge in [-0.3, -0.25) is 19.9 Å². The van der Waals surface area contributed by atoms with Gasteiger partial charge in [-0.05, 0) is 12.1 Å².